The number of nitrogens with zero attached hydrogens (tertiary/aromatic N) is 1. The average Bonchev–Trinajstić information content (AvgIpc) is 3.30. The van der Waals surface area contributed by atoms with Crippen LogP contribution < -0.4 is 4.89 Å². The van der Waals surface area contributed by atoms with Crippen molar-refractivity contribution in [2.45, 2.75) is 187 Å². The summed E-state index contributed by atoms with van der Waals surface area (Å²) in [5, 5.41) is 0. The molecule has 9 nitrogen and oxygen atoms in total. The smallest absolute Gasteiger partial charge is 0.306 e. The summed E-state index contributed by atoms with van der Waals surface area (Å²) in [5.74, 6) is -0.898. The van der Waals surface area contributed by atoms with Crippen LogP contribution in [0.2, 0.25) is 0 Å². The number of hydrogen-bond acceptors (Lipinski definition) is 8. The van der Waals surface area contributed by atoms with Crippen LogP contribution in [0.15, 0.2) is 122 Å². The third-order valence-electron chi connectivity index (χ3n) is 10.5. The molecule has 0 saturated heterocycles. The predicted octanol–water partition coefficient (Wildman–Crippen LogP) is 15.4. The maximum atomic E-state index is 12.8. The molecule has 0 bridgehead atoms. The Morgan fingerprint density at radius 1 is 0.471 bits per heavy atom. The number of phosphoric ester groups is 1. The lowest BCUT2D eigenvalue weighted by atomic mass is 10.1. The van der Waals surface area contributed by atoms with Crippen LogP contribution in [0.5, 0.6) is 0 Å². The van der Waals surface area contributed by atoms with Crippen LogP contribution in [0.4, 0.5) is 0 Å². The van der Waals surface area contributed by atoms with Gasteiger partial charge in [0, 0.05) is 12.8 Å². The third kappa shape index (κ3) is 51.8. The molecule has 0 aliphatic carbocycles. The van der Waals surface area contributed by atoms with Crippen molar-refractivity contribution in [3.05, 3.63) is 122 Å². The first-order valence-corrected chi connectivity index (χ1v) is 27.7. The summed E-state index contributed by atoms with van der Waals surface area (Å²) >= 11 is 0. The molecule has 68 heavy (non-hydrogen) atoms. The van der Waals surface area contributed by atoms with Crippen LogP contribution in [-0.2, 0) is 32.7 Å². The number of ether oxygens (including phenoxy) is 2. The number of unbranched alkanes of at least 4 members (excludes halogenated alkanes) is 12. The molecule has 0 rings (SSSR count). The number of allylic oxidation sites excluding steroid dienone is 20. The molecule has 2 atom stereocenters. The molecule has 0 spiro atoms. The van der Waals surface area contributed by atoms with Gasteiger partial charge in [-0.1, -0.05) is 180 Å². The zero-order valence-corrected chi connectivity index (χ0v) is 44.4. The van der Waals surface area contributed by atoms with Crippen LogP contribution in [0.25, 0.3) is 0 Å². The second kappa shape index (κ2) is 48.4. The van der Waals surface area contributed by atoms with Gasteiger partial charge in [0.2, 0.25) is 0 Å². The van der Waals surface area contributed by atoms with Gasteiger partial charge in [0.05, 0.1) is 27.7 Å². The van der Waals surface area contributed by atoms with E-state index in [1.54, 1.807) is 0 Å². The number of rotatable bonds is 46. The van der Waals surface area contributed by atoms with Crippen molar-refractivity contribution in [1.29, 1.82) is 0 Å². The van der Waals surface area contributed by atoms with E-state index in [2.05, 4.69) is 135 Å². The molecule has 0 aliphatic heterocycles. The minimum Gasteiger partial charge on any atom is -0.756 e. The highest BCUT2D eigenvalue weighted by atomic mass is 31.2. The zero-order chi connectivity index (χ0) is 49.9. The van der Waals surface area contributed by atoms with Crippen molar-refractivity contribution in [1.82, 2.24) is 0 Å². The van der Waals surface area contributed by atoms with Crippen molar-refractivity contribution < 1.29 is 42.1 Å². The topological polar surface area (TPSA) is 111 Å². The molecule has 0 aliphatic rings. The second-order valence-corrected chi connectivity index (χ2v) is 19.6. The number of quaternary nitrogens is 1. The molecule has 0 heterocycles. The Bertz CT molecular complexity index is 1560. The predicted molar refractivity (Wildman–Crippen MR) is 286 cm³/mol. The van der Waals surface area contributed by atoms with E-state index in [0.717, 1.165) is 116 Å². The molecule has 0 fully saturated rings. The number of likely N-dealkylation sites (N-methyl/N-ethyl adjacent to an activating group) is 1. The number of esters is 2. The van der Waals surface area contributed by atoms with Crippen molar-refractivity contribution in [2.24, 2.45) is 0 Å². The highest BCUT2D eigenvalue weighted by molar-refractivity contribution is 7.45. The van der Waals surface area contributed by atoms with Crippen LogP contribution in [0.1, 0.15) is 181 Å². The summed E-state index contributed by atoms with van der Waals surface area (Å²) in [4.78, 5) is 37.8. The zero-order valence-electron chi connectivity index (χ0n) is 43.5. The van der Waals surface area contributed by atoms with E-state index in [1.165, 1.54) is 25.7 Å². The number of carbonyl (C=O) groups excluding carboxylic acids is 2. The highest BCUT2D eigenvalue weighted by Crippen LogP contribution is 2.38. The molecule has 0 aromatic carbocycles. The monoisotopic (exact) mass is 966 g/mol. The Kier molecular flexibility index (Phi) is 45.9. The van der Waals surface area contributed by atoms with Crippen LogP contribution in [0, 0.1) is 0 Å². The van der Waals surface area contributed by atoms with E-state index in [4.69, 9.17) is 18.5 Å². The van der Waals surface area contributed by atoms with Crippen molar-refractivity contribution >= 4 is 19.8 Å². The van der Waals surface area contributed by atoms with Crippen LogP contribution >= 0.6 is 7.82 Å². The fourth-order valence-corrected chi connectivity index (χ4v) is 7.13. The molecule has 386 valence electrons. The second-order valence-electron chi connectivity index (χ2n) is 18.1. The third-order valence-corrected chi connectivity index (χ3v) is 11.4. The van der Waals surface area contributed by atoms with Gasteiger partial charge < -0.3 is 27.9 Å². The molecule has 0 radical (unpaired) electrons. The molecule has 0 amide bonds. The van der Waals surface area contributed by atoms with E-state index in [0.29, 0.717) is 23.9 Å². The van der Waals surface area contributed by atoms with Crippen LogP contribution in [-0.4, -0.2) is 70.0 Å². The first kappa shape index (κ1) is 64.4. The largest absolute Gasteiger partial charge is 0.756 e. The van der Waals surface area contributed by atoms with E-state index in [1.807, 2.05) is 21.1 Å². The average molecular weight is 966 g/mol. The van der Waals surface area contributed by atoms with Gasteiger partial charge in [-0.25, -0.2) is 0 Å². The van der Waals surface area contributed by atoms with Gasteiger partial charge in [-0.2, -0.15) is 0 Å². The minimum atomic E-state index is -4.66. The lowest BCUT2D eigenvalue weighted by molar-refractivity contribution is -0.870. The molecule has 0 aromatic rings. The lowest BCUT2D eigenvalue weighted by Gasteiger charge is -2.28. The van der Waals surface area contributed by atoms with Gasteiger partial charge >= 0.3 is 11.9 Å². The Morgan fingerprint density at radius 2 is 0.838 bits per heavy atom. The van der Waals surface area contributed by atoms with Gasteiger partial charge in [-0.05, 0) is 109 Å². The molecule has 0 aromatic heterocycles. The summed E-state index contributed by atoms with van der Waals surface area (Å²) in [6.45, 7) is 4.01. The van der Waals surface area contributed by atoms with Crippen LogP contribution in [0.3, 0.4) is 0 Å². The standard InChI is InChI=1S/C58H96NO8P/c1-6-8-10-12-14-16-18-20-22-24-26-27-28-29-30-31-33-35-37-39-41-43-45-47-49-51-58(61)67-56(55-66-68(62,63)65-53-52-59(3,4)5)54-64-57(60)50-48-46-44-42-40-38-36-34-32-25-23-21-19-17-15-13-11-9-7-2/h8,10,14-17,20-23,26-27,29-30,32-35,39,41,56H,6-7,9,11-13,18-19,24-25,28,31,36-38,40,42-55H2,1-5H3/b10-8-,16-14-,17-15-,22-20-,23-21-,27-26-,30-29-,34-32-,35-33-,41-39-. The number of hydrogen-bond donors (Lipinski definition) is 0. The normalized spacial score (nSPS) is 14.4. The molecule has 2 unspecified atom stereocenters. The van der Waals surface area contributed by atoms with Gasteiger partial charge in [0.25, 0.3) is 7.82 Å². The molecule has 0 saturated carbocycles. The maximum absolute atomic E-state index is 12.8. The highest BCUT2D eigenvalue weighted by Gasteiger charge is 2.21. The van der Waals surface area contributed by atoms with E-state index >= 15 is 0 Å². The van der Waals surface area contributed by atoms with Gasteiger partial charge in [0.1, 0.15) is 19.8 Å². The molecule has 10 heteroatoms. The van der Waals surface area contributed by atoms with Gasteiger partial charge in [0.15, 0.2) is 6.10 Å². The molecule has 0 N–H and O–H groups in total. The first-order chi connectivity index (χ1) is 33.0. The van der Waals surface area contributed by atoms with Crippen molar-refractivity contribution in [2.75, 3.05) is 47.5 Å². The fraction of sp³-hybridized carbons (Fsp3) is 0.621. The minimum absolute atomic E-state index is 0.0476. The summed E-state index contributed by atoms with van der Waals surface area (Å²) in [5.41, 5.74) is 0. The Labute approximate surface area is 416 Å². The molecular formula is C58H96NO8P. The lowest BCUT2D eigenvalue weighted by Crippen LogP contribution is -2.37. The fourth-order valence-electron chi connectivity index (χ4n) is 6.40. The summed E-state index contributed by atoms with van der Waals surface area (Å²) in [6.07, 6.45) is 68.0. The van der Waals surface area contributed by atoms with Crippen molar-refractivity contribution in [3.8, 4) is 0 Å². The maximum Gasteiger partial charge on any atom is 0.306 e. The molecular weight excluding hydrogens is 870 g/mol. The number of phosphoric acid groups is 1. The SMILES string of the molecule is CC/C=C\C/C=C\C/C=C\C/C=C\C/C=C\C/C=C\C/C=C\CCCCCC(=O)OC(COC(=O)CCCCCCCC/C=C\C/C=C\C/C=C\CCCCC)COP(=O)([O-])OCC[N+](C)(C)C. The van der Waals surface area contributed by atoms with E-state index in [9.17, 15) is 19.0 Å². The van der Waals surface area contributed by atoms with E-state index in [-0.39, 0.29) is 26.1 Å². The summed E-state index contributed by atoms with van der Waals surface area (Å²) < 4.78 is 34.0. The quantitative estimate of drug-likeness (QED) is 0.0195. The Balaban J connectivity index is 4.39. The summed E-state index contributed by atoms with van der Waals surface area (Å²) in [6, 6.07) is 0. The number of carbonyl (C=O) groups is 2. The van der Waals surface area contributed by atoms with Crippen molar-refractivity contribution in [3.63, 3.8) is 0 Å². The summed E-state index contributed by atoms with van der Waals surface area (Å²) in [7, 11) is 1.11. The van der Waals surface area contributed by atoms with Gasteiger partial charge in [-0.15, -0.1) is 0 Å². The first-order valence-electron chi connectivity index (χ1n) is 26.2. The van der Waals surface area contributed by atoms with E-state index < -0.39 is 32.5 Å². The Hall–Kier alpha value is -3.59. The van der Waals surface area contributed by atoms with Gasteiger partial charge in [-0.3, -0.25) is 14.2 Å². The Morgan fingerprint density at radius 3 is 1.26 bits per heavy atom.